The van der Waals surface area contributed by atoms with E-state index in [-0.39, 0.29) is 0 Å². The van der Waals surface area contributed by atoms with Crippen molar-refractivity contribution in [1.29, 1.82) is 0 Å². The monoisotopic (exact) mass is 582 g/mol. The van der Waals surface area contributed by atoms with Crippen LogP contribution < -0.4 is 0 Å². The topological polar surface area (TPSA) is 320 Å². The second-order valence-corrected chi connectivity index (χ2v) is 10.2. The molecule has 2 rings (SSSR count). The average molecular weight is 582 g/mol. The van der Waals surface area contributed by atoms with Gasteiger partial charge >= 0.3 is 31.2 Å². The summed E-state index contributed by atoms with van der Waals surface area (Å²) in [4.78, 5) is 0. The molecular formula is C12H22O20S3. The van der Waals surface area contributed by atoms with Crippen molar-refractivity contribution in [2.45, 2.75) is 61.4 Å². The number of rotatable bonds is 10. The van der Waals surface area contributed by atoms with E-state index in [9.17, 15) is 50.8 Å². The molecule has 20 nitrogen and oxygen atoms in total. The Morgan fingerprint density at radius 1 is 0.600 bits per heavy atom. The summed E-state index contributed by atoms with van der Waals surface area (Å²) in [5, 5.41) is 49.3. The minimum Gasteiger partial charge on any atom is -0.394 e. The highest BCUT2D eigenvalue weighted by Gasteiger charge is 2.55. The van der Waals surface area contributed by atoms with Gasteiger partial charge in [0.25, 0.3) is 0 Å². The number of hydrogen-bond acceptors (Lipinski definition) is 17. The van der Waals surface area contributed by atoms with Gasteiger partial charge in [-0.25, -0.2) is 12.5 Å². The quantitative estimate of drug-likeness (QED) is 0.111. The summed E-state index contributed by atoms with van der Waals surface area (Å²) in [5.41, 5.74) is 0. The molecule has 2 heterocycles. The highest BCUT2D eigenvalue weighted by atomic mass is 32.3. The van der Waals surface area contributed by atoms with Crippen LogP contribution in [0.15, 0.2) is 0 Å². The van der Waals surface area contributed by atoms with Crippen molar-refractivity contribution in [3.63, 3.8) is 0 Å². The molecule has 0 aromatic heterocycles. The van der Waals surface area contributed by atoms with Crippen molar-refractivity contribution in [2.24, 2.45) is 0 Å². The van der Waals surface area contributed by atoms with Gasteiger partial charge in [-0.15, -0.1) is 0 Å². The minimum absolute atomic E-state index is 1.08. The van der Waals surface area contributed by atoms with E-state index >= 15 is 0 Å². The van der Waals surface area contributed by atoms with Gasteiger partial charge in [-0.1, -0.05) is 0 Å². The molecule has 0 aromatic carbocycles. The maximum absolute atomic E-state index is 11.3. The highest BCUT2D eigenvalue weighted by molar-refractivity contribution is 7.81. The van der Waals surface area contributed by atoms with Crippen molar-refractivity contribution in [2.75, 3.05) is 13.2 Å². The van der Waals surface area contributed by atoms with Gasteiger partial charge in [-0.05, 0) is 0 Å². The first kappa shape index (κ1) is 30.5. The van der Waals surface area contributed by atoms with Crippen molar-refractivity contribution in [3.05, 3.63) is 0 Å². The Bertz CT molecular complexity index is 1030. The summed E-state index contributed by atoms with van der Waals surface area (Å²) < 4.78 is 121. The summed E-state index contributed by atoms with van der Waals surface area (Å²) in [6.07, 6.45) is -22.2. The zero-order valence-electron chi connectivity index (χ0n) is 16.9. The van der Waals surface area contributed by atoms with Crippen LogP contribution in [0.1, 0.15) is 0 Å². The smallest absolute Gasteiger partial charge is 0.394 e. The molecule has 2 aliphatic heterocycles. The second kappa shape index (κ2) is 11.4. The minimum atomic E-state index is -5.52. The van der Waals surface area contributed by atoms with E-state index in [4.69, 9.17) is 27.9 Å². The van der Waals surface area contributed by atoms with E-state index in [0.717, 1.165) is 0 Å². The molecule has 0 aliphatic carbocycles. The average Bonchev–Trinajstić information content (AvgIpc) is 2.68. The van der Waals surface area contributed by atoms with Crippen molar-refractivity contribution in [3.8, 4) is 0 Å². The van der Waals surface area contributed by atoms with Crippen LogP contribution in [0.25, 0.3) is 0 Å². The van der Waals surface area contributed by atoms with E-state index in [1.54, 1.807) is 0 Å². The molecule has 208 valence electrons. The number of aliphatic hydroxyl groups is 5. The van der Waals surface area contributed by atoms with Crippen LogP contribution in [0.4, 0.5) is 0 Å². The van der Waals surface area contributed by atoms with Gasteiger partial charge < -0.3 is 39.7 Å². The summed E-state index contributed by atoms with van der Waals surface area (Å²) in [6, 6.07) is 0. The number of hydrogen-bond donors (Lipinski definition) is 8. The Hall–Kier alpha value is -0.710. The lowest BCUT2D eigenvalue weighted by Crippen LogP contribution is -2.66. The molecule has 2 fully saturated rings. The molecule has 8 N–H and O–H groups in total. The predicted molar refractivity (Wildman–Crippen MR) is 99.9 cm³/mol. The Labute approximate surface area is 197 Å². The van der Waals surface area contributed by atoms with Crippen LogP contribution in [0.3, 0.4) is 0 Å². The van der Waals surface area contributed by atoms with Gasteiger partial charge in [0.15, 0.2) is 24.8 Å². The second-order valence-electron chi connectivity index (χ2n) is 7.02. The van der Waals surface area contributed by atoms with Crippen LogP contribution in [0.2, 0.25) is 0 Å². The largest absolute Gasteiger partial charge is 0.397 e. The predicted octanol–water partition coefficient (Wildman–Crippen LogP) is -5.92. The Kier molecular flexibility index (Phi) is 9.90. The molecule has 0 bridgehead atoms. The molecule has 10 atom stereocenters. The van der Waals surface area contributed by atoms with Crippen LogP contribution in [0.5, 0.6) is 0 Å². The lowest BCUT2D eigenvalue weighted by Gasteiger charge is -2.46. The Balaban J connectivity index is 2.47. The van der Waals surface area contributed by atoms with Gasteiger partial charge in [-0.3, -0.25) is 13.7 Å². The van der Waals surface area contributed by atoms with Gasteiger partial charge in [0.05, 0.1) is 13.2 Å². The molecule has 0 amide bonds. The summed E-state index contributed by atoms with van der Waals surface area (Å²) in [6.45, 7) is -2.20. The number of aliphatic hydroxyl groups excluding tert-OH is 5. The zero-order chi connectivity index (χ0) is 26.9. The van der Waals surface area contributed by atoms with E-state index < -0.39 is 106 Å². The van der Waals surface area contributed by atoms with E-state index in [1.807, 2.05) is 0 Å². The number of ether oxygens (including phenoxy) is 3. The van der Waals surface area contributed by atoms with Crippen molar-refractivity contribution in [1.82, 2.24) is 0 Å². The molecule has 2 saturated heterocycles. The van der Waals surface area contributed by atoms with E-state index in [1.165, 1.54) is 0 Å². The first-order chi connectivity index (χ1) is 15.9. The summed E-state index contributed by atoms with van der Waals surface area (Å²) >= 11 is 0. The van der Waals surface area contributed by atoms with Crippen LogP contribution in [-0.4, -0.2) is 139 Å². The van der Waals surface area contributed by atoms with Gasteiger partial charge in [0, 0.05) is 0 Å². The molecule has 35 heavy (non-hydrogen) atoms. The van der Waals surface area contributed by atoms with Crippen LogP contribution >= 0.6 is 0 Å². The summed E-state index contributed by atoms with van der Waals surface area (Å²) in [7, 11) is -16.3. The third-order valence-electron chi connectivity index (χ3n) is 4.60. The standard InChI is InChI=1S/C12H22O20S3/c13-1-3-5(15)8(30-33(18,19)20)10(32-35(24,25)26)12(28-3)29-7-4(2-14)27-11(17)9(6(7)16)31-34(21,22)23/h3-17H,1-2H2,(H,18,19,20)(H,21,22,23)(H,24,25,26)/t3-,4-,5-,6+,7-,8+,9-,10-,11+,12-/m1/s1. The fourth-order valence-electron chi connectivity index (χ4n) is 3.27. The normalized spacial score (nSPS) is 39.4. The van der Waals surface area contributed by atoms with Crippen LogP contribution in [0, 0.1) is 0 Å². The van der Waals surface area contributed by atoms with Gasteiger partial charge in [0.2, 0.25) is 0 Å². The molecule has 0 spiro atoms. The first-order valence-corrected chi connectivity index (χ1v) is 13.2. The molecule has 0 aromatic rings. The highest BCUT2D eigenvalue weighted by Crippen LogP contribution is 2.33. The van der Waals surface area contributed by atoms with Gasteiger partial charge in [-0.2, -0.15) is 25.3 Å². The Morgan fingerprint density at radius 3 is 1.51 bits per heavy atom. The third kappa shape index (κ3) is 8.40. The SMILES string of the molecule is O=S(=O)(O)O[C@@H]1[C@@H](O)[C@H](O[C@H]2O[C@H](CO)[C@@H](O)[C@H](OS(=O)(=O)O)[C@H]2OS(=O)(=O)O)[C@@H](CO)O[C@@H]1O. The van der Waals surface area contributed by atoms with Crippen LogP contribution in [-0.2, 0) is 58.0 Å². The van der Waals surface area contributed by atoms with Gasteiger partial charge in [0.1, 0.15) is 36.6 Å². The first-order valence-electron chi connectivity index (χ1n) is 9.06. The van der Waals surface area contributed by atoms with E-state index in [0.29, 0.717) is 0 Å². The molecular weight excluding hydrogens is 560 g/mol. The fourth-order valence-corrected chi connectivity index (χ4v) is 4.74. The van der Waals surface area contributed by atoms with Crippen molar-refractivity contribution < 1.29 is 91.2 Å². The molecule has 0 saturated carbocycles. The lowest BCUT2D eigenvalue weighted by molar-refractivity contribution is -0.348. The van der Waals surface area contributed by atoms with Crippen molar-refractivity contribution >= 4 is 31.2 Å². The molecule has 23 heteroatoms. The molecule has 0 unspecified atom stereocenters. The maximum atomic E-state index is 11.3. The molecule has 2 aliphatic rings. The molecule has 0 radical (unpaired) electrons. The Morgan fingerprint density at radius 2 is 1.06 bits per heavy atom. The van der Waals surface area contributed by atoms with E-state index in [2.05, 4.69) is 12.5 Å². The zero-order valence-corrected chi connectivity index (χ0v) is 19.3. The lowest BCUT2D eigenvalue weighted by atomic mass is 9.97. The summed E-state index contributed by atoms with van der Waals surface area (Å²) in [5.74, 6) is 0. The fraction of sp³-hybridized carbons (Fsp3) is 1.00. The maximum Gasteiger partial charge on any atom is 0.397 e. The third-order valence-corrected chi connectivity index (χ3v) is 6.00.